The third-order valence-corrected chi connectivity index (χ3v) is 5.74. The van der Waals surface area contributed by atoms with Gasteiger partial charge in [0.25, 0.3) is 5.91 Å². The molecule has 1 fully saturated rings. The van der Waals surface area contributed by atoms with Crippen molar-refractivity contribution in [3.8, 4) is 17.2 Å². The number of nitrogens with one attached hydrogen (secondary N) is 1. The van der Waals surface area contributed by atoms with Crippen molar-refractivity contribution < 1.29 is 13.9 Å². The van der Waals surface area contributed by atoms with E-state index in [0.29, 0.717) is 29.9 Å². The molecular weight excluding hydrogens is 398 g/mol. The van der Waals surface area contributed by atoms with Gasteiger partial charge in [-0.05, 0) is 36.7 Å². The number of amides is 1. The number of nitrogens with zero attached hydrogens (tertiary/aromatic N) is 3. The van der Waals surface area contributed by atoms with Crippen LogP contribution in [0.2, 0.25) is 0 Å². The van der Waals surface area contributed by atoms with Crippen molar-refractivity contribution >= 4 is 17.0 Å². The number of carbonyl (C=O) groups excluding carboxylic acids is 1. The summed E-state index contributed by atoms with van der Waals surface area (Å²) in [6, 6.07) is 11.4. The first-order valence-electron chi connectivity index (χ1n) is 10.0. The smallest absolute Gasteiger partial charge is 0.408 e. The number of hydrogen-bond donors (Lipinski definition) is 2. The Morgan fingerprint density at radius 2 is 2.19 bits per heavy atom. The monoisotopic (exact) mass is 421 g/mol. The molecule has 2 atom stereocenters. The number of fused-ring (bicyclic) bond motifs is 1. The van der Waals surface area contributed by atoms with E-state index in [-0.39, 0.29) is 13.0 Å². The molecule has 3 aromatic rings. The van der Waals surface area contributed by atoms with Crippen LogP contribution in [0.1, 0.15) is 12.1 Å². The van der Waals surface area contributed by atoms with Gasteiger partial charge in [0.15, 0.2) is 11.2 Å². The van der Waals surface area contributed by atoms with Crippen molar-refractivity contribution in [1.82, 2.24) is 14.9 Å². The van der Waals surface area contributed by atoms with E-state index in [1.165, 1.54) is 4.57 Å². The van der Waals surface area contributed by atoms with E-state index in [2.05, 4.69) is 16.4 Å². The second kappa shape index (κ2) is 8.34. The average Bonchev–Trinajstić information content (AvgIpc) is 2.95. The Morgan fingerprint density at radius 1 is 1.39 bits per heavy atom. The van der Waals surface area contributed by atoms with Crippen LogP contribution in [0.5, 0.6) is 0 Å². The molecule has 0 bridgehead atoms. The molecule has 3 N–H and O–H groups in total. The molecule has 0 saturated carbocycles. The lowest BCUT2D eigenvalue weighted by Crippen LogP contribution is -2.57. The van der Waals surface area contributed by atoms with Gasteiger partial charge in [-0.1, -0.05) is 12.1 Å². The summed E-state index contributed by atoms with van der Waals surface area (Å²) in [6.45, 7) is 1.26. The van der Waals surface area contributed by atoms with Crippen molar-refractivity contribution in [2.24, 2.45) is 18.7 Å². The molecule has 0 aliphatic carbocycles. The second-order valence-electron chi connectivity index (χ2n) is 7.67. The van der Waals surface area contributed by atoms with Crippen LogP contribution < -0.4 is 16.8 Å². The Morgan fingerprint density at radius 3 is 2.90 bits per heavy atom. The fraction of sp³-hybridized carbons (Fsp3) is 0.364. The molecule has 1 aliphatic heterocycles. The molecule has 31 heavy (non-hydrogen) atoms. The van der Waals surface area contributed by atoms with Gasteiger partial charge in [-0.2, -0.15) is 5.26 Å². The topological polar surface area (TPSA) is 136 Å². The highest BCUT2D eigenvalue weighted by Gasteiger charge is 2.46. The lowest BCUT2D eigenvalue weighted by atomic mass is 9.83. The van der Waals surface area contributed by atoms with Gasteiger partial charge in [0.1, 0.15) is 0 Å². The molecule has 1 unspecified atom stereocenters. The summed E-state index contributed by atoms with van der Waals surface area (Å²) in [7, 11) is 1.65. The molecule has 4 rings (SSSR count). The number of ether oxygens (including phenoxy) is 1. The number of carbonyl (C=O) groups is 1. The largest absolute Gasteiger partial charge is 0.419 e. The van der Waals surface area contributed by atoms with Crippen LogP contribution in [-0.2, 0) is 23.0 Å². The Balaban J connectivity index is 1.59. The minimum Gasteiger partial charge on any atom is -0.408 e. The fourth-order valence-corrected chi connectivity index (χ4v) is 3.88. The highest BCUT2D eigenvalue weighted by atomic mass is 16.5. The minimum absolute atomic E-state index is 0.197. The number of benzene rings is 1. The van der Waals surface area contributed by atoms with E-state index in [0.717, 1.165) is 17.5 Å². The van der Waals surface area contributed by atoms with E-state index >= 15 is 0 Å². The number of pyridine rings is 1. The van der Waals surface area contributed by atoms with E-state index in [1.54, 1.807) is 19.3 Å². The van der Waals surface area contributed by atoms with Crippen LogP contribution in [0.3, 0.4) is 0 Å². The van der Waals surface area contributed by atoms with Crippen LogP contribution in [-0.4, -0.2) is 40.8 Å². The maximum Gasteiger partial charge on any atom is 0.419 e. The number of oxazole rings is 1. The van der Waals surface area contributed by atoms with Crippen molar-refractivity contribution in [2.45, 2.75) is 18.4 Å². The van der Waals surface area contributed by atoms with Crippen LogP contribution in [0.25, 0.3) is 22.2 Å². The molecular formula is C22H23N5O4. The summed E-state index contributed by atoms with van der Waals surface area (Å²) in [6.07, 6.45) is 2.68. The SMILES string of the molecule is Cn1c(=O)oc2ccc(-c3ccc(C[C@@H](C#N)C4(C(N)=O)CNCCCO4)nc3)cc21. The highest BCUT2D eigenvalue weighted by Crippen LogP contribution is 2.28. The van der Waals surface area contributed by atoms with Gasteiger partial charge in [-0.15, -0.1) is 0 Å². The Labute approximate surface area is 178 Å². The highest BCUT2D eigenvalue weighted by molar-refractivity contribution is 5.85. The number of aromatic nitrogens is 2. The molecule has 160 valence electrons. The summed E-state index contributed by atoms with van der Waals surface area (Å²) in [5.74, 6) is -1.84. The molecule has 1 aromatic carbocycles. The molecule has 1 saturated heterocycles. The number of nitriles is 1. The van der Waals surface area contributed by atoms with Crippen molar-refractivity contribution in [2.75, 3.05) is 19.7 Å². The Hall–Kier alpha value is -3.48. The number of hydrogen-bond acceptors (Lipinski definition) is 7. The normalized spacial score (nSPS) is 20.1. The summed E-state index contributed by atoms with van der Waals surface area (Å²) in [4.78, 5) is 28.4. The molecule has 3 heterocycles. The van der Waals surface area contributed by atoms with E-state index < -0.39 is 23.2 Å². The van der Waals surface area contributed by atoms with Gasteiger partial charge in [0.2, 0.25) is 0 Å². The summed E-state index contributed by atoms with van der Waals surface area (Å²) >= 11 is 0. The number of aryl methyl sites for hydroxylation is 1. The number of nitrogens with two attached hydrogens (primary N) is 1. The lowest BCUT2D eigenvalue weighted by molar-refractivity contribution is -0.147. The third-order valence-electron chi connectivity index (χ3n) is 5.74. The molecule has 0 radical (unpaired) electrons. The zero-order valence-electron chi connectivity index (χ0n) is 17.1. The first kappa shape index (κ1) is 20.8. The number of rotatable bonds is 5. The quantitative estimate of drug-likeness (QED) is 0.630. The van der Waals surface area contributed by atoms with E-state index in [4.69, 9.17) is 14.9 Å². The fourth-order valence-electron chi connectivity index (χ4n) is 3.88. The van der Waals surface area contributed by atoms with Crippen LogP contribution in [0, 0.1) is 17.2 Å². The third kappa shape index (κ3) is 3.83. The van der Waals surface area contributed by atoms with Gasteiger partial charge in [-0.25, -0.2) is 4.79 Å². The minimum atomic E-state index is -1.39. The lowest BCUT2D eigenvalue weighted by Gasteiger charge is -2.33. The second-order valence-corrected chi connectivity index (χ2v) is 7.67. The first-order chi connectivity index (χ1) is 14.9. The maximum absolute atomic E-state index is 12.2. The molecule has 1 amide bonds. The van der Waals surface area contributed by atoms with Gasteiger partial charge < -0.3 is 20.2 Å². The summed E-state index contributed by atoms with van der Waals surface area (Å²) in [5, 5.41) is 12.9. The van der Waals surface area contributed by atoms with Gasteiger partial charge in [0, 0.05) is 44.1 Å². The molecule has 9 heteroatoms. The van der Waals surface area contributed by atoms with Crippen LogP contribution in [0.4, 0.5) is 0 Å². The predicted molar refractivity (Wildman–Crippen MR) is 113 cm³/mol. The maximum atomic E-state index is 12.2. The molecule has 1 aliphatic rings. The standard InChI is InChI=1S/C22H23N5O4/c1-27-18-9-14(4-6-19(18)31-21(27)29)15-3-5-17(26-12-15)10-16(11-23)22(20(24)28)13-25-7-2-8-30-22/h3-6,9,12,16,25H,2,7-8,10,13H2,1H3,(H2,24,28)/t16-,22?/m0/s1. The zero-order valence-corrected chi connectivity index (χ0v) is 17.1. The Bertz CT molecular complexity index is 1200. The predicted octanol–water partition coefficient (Wildman–Crippen LogP) is 1.11. The van der Waals surface area contributed by atoms with E-state index in [9.17, 15) is 14.9 Å². The Kier molecular flexibility index (Phi) is 5.59. The average molecular weight is 421 g/mol. The summed E-state index contributed by atoms with van der Waals surface area (Å²) < 4.78 is 12.4. The van der Waals surface area contributed by atoms with Crippen LogP contribution in [0.15, 0.2) is 45.7 Å². The van der Waals surface area contributed by atoms with Crippen molar-refractivity contribution in [3.05, 3.63) is 52.8 Å². The van der Waals surface area contributed by atoms with Gasteiger partial charge in [-0.3, -0.25) is 14.3 Å². The van der Waals surface area contributed by atoms with Gasteiger partial charge in [0.05, 0.1) is 17.5 Å². The van der Waals surface area contributed by atoms with Crippen LogP contribution >= 0.6 is 0 Å². The zero-order chi connectivity index (χ0) is 22.0. The number of primary amides is 1. The molecule has 2 aromatic heterocycles. The van der Waals surface area contributed by atoms with Crippen molar-refractivity contribution in [1.29, 1.82) is 5.26 Å². The summed E-state index contributed by atoms with van der Waals surface area (Å²) in [5.41, 5.74) is 7.86. The molecule has 9 nitrogen and oxygen atoms in total. The van der Waals surface area contributed by atoms with E-state index in [1.807, 2.05) is 24.3 Å². The van der Waals surface area contributed by atoms with Gasteiger partial charge >= 0.3 is 5.76 Å². The molecule has 0 spiro atoms. The van der Waals surface area contributed by atoms with Crippen molar-refractivity contribution in [3.63, 3.8) is 0 Å². The first-order valence-corrected chi connectivity index (χ1v) is 10.0.